The van der Waals surface area contributed by atoms with Crippen LogP contribution in [0.5, 0.6) is 0 Å². The van der Waals surface area contributed by atoms with Crippen LogP contribution in [0.1, 0.15) is 6.92 Å². The van der Waals surface area contributed by atoms with Crippen molar-refractivity contribution in [1.29, 1.82) is 0 Å². The van der Waals surface area contributed by atoms with E-state index in [1.807, 2.05) is 4.90 Å². The fourth-order valence-corrected chi connectivity index (χ4v) is 2.95. The lowest BCUT2D eigenvalue weighted by Gasteiger charge is -2.28. The van der Waals surface area contributed by atoms with E-state index in [2.05, 4.69) is 0 Å². The summed E-state index contributed by atoms with van der Waals surface area (Å²) in [4.78, 5) is 51.2. The van der Waals surface area contributed by atoms with Gasteiger partial charge >= 0.3 is 23.9 Å². The molecule has 0 atom stereocenters. The van der Waals surface area contributed by atoms with E-state index in [1.165, 1.54) is 11.8 Å². The van der Waals surface area contributed by atoms with Gasteiger partial charge in [0.1, 0.15) is 6.73 Å². The second kappa shape index (κ2) is 13.0. The monoisotopic (exact) mass is 418 g/mol. The van der Waals surface area contributed by atoms with E-state index in [0.29, 0.717) is 52.4 Å². The molecule has 0 aromatic carbocycles. The maximum Gasteiger partial charge on any atom is 0.317 e. The summed E-state index contributed by atoms with van der Waals surface area (Å²) in [7, 11) is 0. The lowest BCUT2D eigenvalue weighted by molar-refractivity contribution is -0.150. The Morgan fingerprint density at radius 1 is 0.793 bits per heavy atom. The predicted octanol–water partition coefficient (Wildman–Crippen LogP) is -2.02. The molecule has 0 unspecified atom stereocenters. The highest BCUT2D eigenvalue weighted by Gasteiger charge is 2.20. The van der Waals surface area contributed by atoms with E-state index in [-0.39, 0.29) is 26.4 Å². The van der Waals surface area contributed by atoms with Gasteiger partial charge in [0.05, 0.1) is 19.6 Å². The molecular weight excluding hydrogens is 388 g/mol. The van der Waals surface area contributed by atoms with Crippen LogP contribution in [0.25, 0.3) is 0 Å². The molecule has 0 amide bonds. The molecule has 1 heterocycles. The summed E-state index contributed by atoms with van der Waals surface area (Å²) in [5.41, 5.74) is 0. The normalized spacial score (nSPS) is 17.3. The van der Waals surface area contributed by atoms with Crippen LogP contribution in [0.15, 0.2) is 0 Å². The van der Waals surface area contributed by atoms with Crippen LogP contribution in [0.4, 0.5) is 0 Å². The third-order valence-corrected chi connectivity index (χ3v) is 4.46. The molecule has 0 aromatic heterocycles. The summed E-state index contributed by atoms with van der Waals surface area (Å²) in [5.74, 6) is -3.44. The molecule has 12 heteroatoms. The highest BCUT2D eigenvalue weighted by molar-refractivity contribution is 5.70. The second-order valence-electron chi connectivity index (χ2n) is 6.89. The molecule has 1 saturated heterocycles. The highest BCUT2D eigenvalue weighted by Crippen LogP contribution is 2.02. The van der Waals surface area contributed by atoms with E-state index in [0.717, 1.165) is 0 Å². The molecule has 3 N–H and O–H groups in total. The van der Waals surface area contributed by atoms with Gasteiger partial charge in [-0.05, 0) is 0 Å². The summed E-state index contributed by atoms with van der Waals surface area (Å²) in [6, 6.07) is 0. The Morgan fingerprint density at radius 2 is 1.24 bits per heavy atom. The fourth-order valence-electron chi connectivity index (χ4n) is 2.95. The van der Waals surface area contributed by atoms with Gasteiger partial charge in [-0.2, -0.15) is 0 Å². The standard InChI is InChI=1S/C17H30N4O8/c1-14(22)29-13-21(12-17(27)28)9-4-18-2-5-19(10-15(23)24)7-8-20(6-3-18)11-16(25)26/h2-13H2,1H3,(H,23,24)(H,25,26)(H,27,28). The van der Waals surface area contributed by atoms with Crippen molar-refractivity contribution in [3.05, 3.63) is 0 Å². The second-order valence-corrected chi connectivity index (χ2v) is 6.89. The predicted molar refractivity (Wildman–Crippen MR) is 100 cm³/mol. The van der Waals surface area contributed by atoms with Gasteiger partial charge in [-0.15, -0.1) is 0 Å². The number of hydrogen-bond donors (Lipinski definition) is 3. The zero-order valence-corrected chi connectivity index (χ0v) is 16.7. The average molecular weight is 418 g/mol. The van der Waals surface area contributed by atoms with Crippen LogP contribution in [0, 0.1) is 0 Å². The molecule has 0 radical (unpaired) electrons. The first-order valence-electron chi connectivity index (χ1n) is 9.34. The number of nitrogens with zero attached hydrogens (tertiary/aromatic N) is 4. The number of esters is 1. The zero-order chi connectivity index (χ0) is 21.8. The summed E-state index contributed by atoms with van der Waals surface area (Å²) >= 11 is 0. The van der Waals surface area contributed by atoms with Crippen molar-refractivity contribution in [3.63, 3.8) is 0 Å². The van der Waals surface area contributed by atoms with Crippen LogP contribution >= 0.6 is 0 Å². The van der Waals surface area contributed by atoms with Crippen molar-refractivity contribution < 1.29 is 39.2 Å². The molecule has 0 spiro atoms. The number of carboxylic acids is 3. The van der Waals surface area contributed by atoms with Crippen molar-refractivity contribution in [2.45, 2.75) is 6.92 Å². The molecule has 1 aliphatic heterocycles. The topological polar surface area (TPSA) is 151 Å². The van der Waals surface area contributed by atoms with Gasteiger partial charge in [-0.1, -0.05) is 0 Å². The molecular formula is C17H30N4O8. The molecule has 1 fully saturated rings. The van der Waals surface area contributed by atoms with E-state index in [4.69, 9.17) is 20.1 Å². The Labute approximate surface area is 169 Å². The number of ether oxygens (including phenoxy) is 1. The Bertz CT molecular complexity index is 546. The van der Waals surface area contributed by atoms with E-state index < -0.39 is 23.9 Å². The van der Waals surface area contributed by atoms with Crippen LogP contribution < -0.4 is 0 Å². The third-order valence-electron chi connectivity index (χ3n) is 4.46. The number of rotatable bonds is 11. The fraction of sp³-hybridized carbons (Fsp3) is 0.765. The van der Waals surface area contributed by atoms with Crippen LogP contribution in [0.2, 0.25) is 0 Å². The maximum atomic E-state index is 11.1. The zero-order valence-electron chi connectivity index (χ0n) is 16.7. The first kappa shape index (κ1) is 24.8. The molecule has 166 valence electrons. The van der Waals surface area contributed by atoms with Gasteiger partial charge in [0.2, 0.25) is 0 Å². The van der Waals surface area contributed by atoms with E-state index in [1.54, 1.807) is 9.80 Å². The van der Waals surface area contributed by atoms with Crippen LogP contribution in [-0.4, -0.2) is 138 Å². The molecule has 12 nitrogen and oxygen atoms in total. The summed E-state index contributed by atoms with van der Waals surface area (Å²) < 4.78 is 4.89. The number of carboxylic acid groups (broad SMARTS) is 3. The highest BCUT2D eigenvalue weighted by atomic mass is 16.5. The Morgan fingerprint density at radius 3 is 1.62 bits per heavy atom. The van der Waals surface area contributed by atoms with Gasteiger partial charge in [-0.3, -0.25) is 38.8 Å². The van der Waals surface area contributed by atoms with Crippen LogP contribution in [-0.2, 0) is 23.9 Å². The Balaban J connectivity index is 2.71. The van der Waals surface area contributed by atoms with Gasteiger partial charge in [-0.25, -0.2) is 0 Å². The molecule has 1 aliphatic rings. The number of carbonyl (C=O) groups excluding carboxylic acids is 1. The molecule has 0 saturated carbocycles. The maximum absolute atomic E-state index is 11.1. The molecule has 0 aliphatic carbocycles. The van der Waals surface area contributed by atoms with Gasteiger partial charge in [0, 0.05) is 59.3 Å². The number of hydrogen-bond acceptors (Lipinski definition) is 9. The first-order valence-corrected chi connectivity index (χ1v) is 9.34. The molecule has 29 heavy (non-hydrogen) atoms. The minimum Gasteiger partial charge on any atom is -0.480 e. The largest absolute Gasteiger partial charge is 0.480 e. The smallest absolute Gasteiger partial charge is 0.317 e. The SMILES string of the molecule is CC(=O)OCN(CCN1CCN(CC(=O)O)CCN(CC(=O)O)CC1)CC(=O)O. The minimum atomic E-state index is -1.04. The van der Waals surface area contributed by atoms with Crippen molar-refractivity contribution in [2.24, 2.45) is 0 Å². The Kier molecular flexibility index (Phi) is 11.1. The summed E-state index contributed by atoms with van der Waals surface area (Å²) in [5, 5.41) is 27.2. The lowest BCUT2D eigenvalue weighted by Crippen LogP contribution is -2.43. The quantitative estimate of drug-likeness (QED) is 0.251. The van der Waals surface area contributed by atoms with E-state index >= 15 is 0 Å². The van der Waals surface area contributed by atoms with Gasteiger partial charge in [0.15, 0.2) is 0 Å². The van der Waals surface area contributed by atoms with E-state index in [9.17, 15) is 19.2 Å². The molecule has 0 aromatic rings. The number of aliphatic carboxylic acids is 3. The third kappa shape index (κ3) is 12.0. The average Bonchev–Trinajstić information content (AvgIpc) is 2.68. The van der Waals surface area contributed by atoms with Crippen molar-refractivity contribution in [2.75, 3.05) is 78.7 Å². The van der Waals surface area contributed by atoms with Gasteiger partial charge < -0.3 is 20.1 Å². The summed E-state index contributed by atoms with van der Waals surface area (Å²) in [6.07, 6.45) is 0. The minimum absolute atomic E-state index is 0.133. The molecule has 0 bridgehead atoms. The molecule has 1 rings (SSSR count). The van der Waals surface area contributed by atoms with Crippen molar-refractivity contribution in [1.82, 2.24) is 19.6 Å². The number of carbonyl (C=O) groups is 4. The Hall–Kier alpha value is -2.28. The summed E-state index contributed by atoms with van der Waals surface area (Å²) in [6.45, 7) is 4.37. The lowest BCUT2D eigenvalue weighted by atomic mass is 10.3. The van der Waals surface area contributed by atoms with Crippen LogP contribution in [0.3, 0.4) is 0 Å². The first-order chi connectivity index (χ1) is 13.7. The van der Waals surface area contributed by atoms with Crippen molar-refractivity contribution in [3.8, 4) is 0 Å². The van der Waals surface area contributed by atoms with Gasteiger partial charge in [0.25, 0.3) is 0 Å². The van der Waals surface area contributed by atoms with Crippen molar-refractivity contribution >= 4 is 23.9 Å².